The second kappa shape index (κ2) is 5.97. The number of hydrogen-bond donors (Lipinski definition) is 3. The summed E-state index contributed by atoms with van der Waals surface area (Å²) in [4.78, 5) is 14.2. The maximum Gasteiger partial charge on any atom is 0.221 e. The normalized spacial score (nSPS) is 14.5. The van der Waals surface area contributed by atoms with E-state index in [9.17, 15) is 4.79 Å². The Labute approximate surface area is 128 Å². The van der Waals surface area contributed by atoms with Gasteiger partial charge in [-0.3, -0.25) is 4.79 Å². The Balaban J connectivity index is 1.77. The van der Waals surface area contributed by atoms with Gasteiger partial charge < -0.3 is 21.2 Å². The Kier molecular flexibility index (Phi) is 3.87. The van der Waals surface area contributed by atoms with Crippen LogP contribution in [0.5, 0.6) is 5.75 Å². The van der Waals surface area contributed by atoms with Gasteiger partial charge in [0.15, 0.2) is 0 Å². The zero-order valence-electron chi connectivity index (χ0n) is 12.3. The van der Waals surface area contributed by atoms with Crippen LogP contribution in [0, 0.1) is 0 Å². The number of aromatic nitrogens is 1. The lowest BCUT2D eigenvalue weighted by atomic mass is 10.1. The molecule has 5 N–H and O–H groups in total. The van der Waals surface area contributed by atoms with E-state index in [-0.39, 0.29) is 12.3 Å². The van der Waals surface area contributed by atoms with Crippen LogP contribution in [0.4, 0.5) is 0 Å². The molecule has 5 heteroatoms. The third kappa shape index (κ3) is 3.14. The molecule has 2 aromatic rings. The highest BCUT2D eigenvalue weighted by Gasteiger charge is 2.08. The Bertz CT molecular complexity index is 771. The lowest BCUT2D eigenvalue weighted by Gasteiger charge is -2.12. The van der Waals surface area contributed by atoms with Crippen LogP contribution in [-0.4, -0.2) is 17.5 Å². The van der Waals surface area contributed by atoms with Gasteiger partial charge in [0.1, 0.15) is 12.4 Å². The summed E-state index contributed by atoms with van der Waals surface area (Å²) in [7, 11) is 0. The van der Waals surface area contributed by atoms with Crippen LogP contribution >= 0.6 is 0 Å². The van der Waals surface area contributed by atoms with E-state index in [4.69, 9.17) is 16.2 Å². The number of fused-ring (bicyclic) bond motifs is 1. The van der Waals surface area contributed by atoms with Gasteiger partial charge in [0.25, 0.3) is 0 Å². The Morgan fingerprint density at radius 2 is 2.23 bits per heavy atom. The molecular weight excluding hydrogens is 278 g/mol. The highest BCUT2D eigenvalue weighted by molar-refractivity contribution is 5.89. The molecule has 1 aromatic carbocycles. The van der Waals surface area contributed by atoms with Gasteiger partial charge in [-0.1, -0.05) is 6.08 Å². The number of aromatic amines is 1. The number of allylic oxidation sites excluding steroid dienone is 2. The lowest BCUT2D eigenvalue weighted by Crippen LogP contribution is -2.13. The van der Waals surface area contributed by atoms with Gasteiger partial charge in [-0.2, -0.15) is 0 Å². The minimum Gasteiger partial charge on any atom is -0.489 e. The predicted molar refractivity (Wildman–Crippen MR) is 86.3 cm³/mol. The van der Waals surface area contributed by atoms with Crippen LogP contribution in [0.25, 0.3) is 10.9 Å². The summed E-state index contributed by atoms with van der Waals surface area (Å²) in [6, 6.07) is 5.78. The van der Waals surface area contributed by atoms with E-state index < -0.39 is 0 Å². The molecule has 1 amide bonds. The third-order valence-electron chi connectivity index (χ3n) is 3.72. The maximum absolute atomic E-state index is 11.1. The zero-order valence-corrected chi connectivity index (χ0v) is 12.3. The van der Waals surface area contributed by atoms with E-state index in [1.54, 1.807) is 0 Å². The first-order chi connectivity index (χ1) is 10.6. The third-order valence-corrected chi connectivity index (χ3v) is 3.72. The predicted octanol–water partition coefficient (Wildman–Crippen LogP) is 2.14. The van der Waals surface area contributed by atoms with Gasteiger partial charge in [0.2, 0.25) is 5.91 Å². The van der Waals surface area contributed by atoms with E-state index in [0.29, 0.717) is 6.61 Å². The molecule has 0 atom stereocenters. The van der Waals surface area contributed by atoms with E-state index in [1.807, 2.05) is 30.5 Å². The van der Waals surface area contributed by atoms with Crippen LogP contribution in [0.2, 0.25) is 0 Å². The topological polar surface area (TPSA) is 94.1 Å². The first kappa shape index (κ1) is 14.3. The first-order valence-electron chi connectivity index (χ1n) is 7.28. The summed E-state index contributed by atoms with van der Waals surface area (Å²) >= 11 is 0. The number of H-pyrrole nitrogens is 1. The summed E-state index contributed by atoms with van der Waals surface area (Å²) in [5.41, 5.74) is 14.9. The molecule has 5 nitrogen and oxygen atoms in total. The van der Waals surface area contributed by atoms with Crippen molar-refractivity contribution >= 4 is 16.8 Å². The van der Waals surface area contributed by atoms with E-state index in [0.717, 1.165) is 46.3 Å². The van der Waals surface area contributed by atoms with Gasteiger partial charge in [0, 0.05) is 22.8 Å². The second-order valence-corrected chi connectivity index (χ2v) is 5.49. The highest BCUT2D eigenvalue weighted by atomic mass is 16.5. The average Bonchev–Trinajstić information content (AvgIpc) is 2.87. The molecule has 0 aliphatic heterocycles. The van der Waals surface area contributed by atoms with Crippen LogP contribution in [-0.2, 0) is 11.2 Å². The van der Waals surface area contributed by atoms with Crippen molar-refractivity contribution < 1.29 is 9.53 Å². The SMILES string of the molecule is NC(=O)Cc1c[nH]c2ccc(OCC3=CCCC(N)=C3)cc12. The summed E-state index contributed by atoms with van der Waals surface area (Å²) in [5, 5.41) is 0.962. The molecular formula is C17H19N3O2. The van der Waals surface area contributed by atoms with E-state index >= 15 is 0 Å². The number of hydrogen-bond acceptors (Lipinski definition) is 3. The van der Waals surface area contributed by atoms with Crippen LogP contribution in [0.15, 0.2) is 47.8 Å². The van der Waals surface area contributed by atoms with Crippen LogP contribution < -0.4 is 16.2 Å². The number of ether oxygens (including phenoxy) is 1. The lowest BCUT2D eigenvalue weighted by molar-refractivity contribution is -0.117. The van der Waals surface area contributed by atoms with Gasteiger partial charge in [-0.15, -0.1) is 0 Å². The smallest absolute Gasteiger partial charge is 0.221 e. The summed E-state index contributed by atoms with van der Waals surface area (Å²) in [6.45, 7) is 0.488. The number of primary amides is 1. The summed E-state index contributed by atoms with van der Waals surface area (Å²) < 4.78 is 5.83. The summed E-state index contributed by atoms with van der Waals surface area (Å²) in [5.74, 6) is 0.413. The van der Waals surface area contributed by atoms with Gasteiger partial charge in [-0.05, 0) is 48.3 Å². The molecule has 0 unspecified atom stereocenters. The van der Waals surface area contributed by atoms with Crippen molar-refractivity contribution in [1.29, 1.82) is 0 Å². The molecule has 0 bridgehead atoms. The number of amides is 1. The van der Waals surface area contributed by atoms with Crippen LogP contribution in [0.3, 0.4) is 0 Å². The molecule has 1 aromatic heterocycles. The number of carbonyl (C=O) groups is 1. The molecule has 0 saturated carbocycles. The van der Waals surface area contributed by atoms with E-state index in [2.05, 4.69) is 11.1 Å². The van der Waals surface area contributed by atoms with Crippen molar-refractivity contribution in [3.63, 3.8) is 0 Å². The number of nitrogens with two attached hydrogens (primary N) is 2. The monoisotopic (exact) mass is 297 g/mol. The molecule has 0 radical (unpaired) electrons. The molecule has 0 saturated heterocycles. The molecule has 0 fully saturated rings. The number of nitrogens with one attached hydrogen (secondary N) is 1. The largest absolute Gasteiger partial charge is 0.489 e. The first-order valence-corrected chi connectivity index (χ1v) is 7.28. The van der Waals surface area contributed by atoms with Crippen LogP contribution in [0.1, 0.15) is 18.4 Å². The molecule has 3 rings (SSSR count). The minimum absolute atomic E-state index is 0.216. The Hall–Kier alpha value is -2.69. The zero-order chi connectivity index (χ0) is 15.5. The van der Waals surface area contributed by atoms with Crippen molar-refractivity contribution in [3.05, 3.63) is 53.4 Å². The fraction of sp³-hybridized carbons (Fsp3) is 0.235. The molecule has 0 spiro atoms. The van der Waals surface area contributed by atoms with E-state index in [1.165, 1.54) is 0 Å². The van der Waals surface area contributed by atoms with Gasteiger partial charge >= 0.3 is 0 Å². The van der Waals surface area contributed by atoms with Gasteiger partial charge in [-0.25, -0.2) is 0 Å². The average molecular weight is 297 g/mol. The fourth-order valence-electron chi connectivity index (χ4n) is 2.64. The quantitative estimate of drug-likeness (QED) is 0.789. The standard InChI is InChI=1S/C17H19N3O2/c18-13-3-1-2-11(6-13)10-22-14-4-5-16-15(8-14)12(9-20-16)7-17(19)21/h2,4-6,8-9,20H,1,3,7,10,18H2,(H2,19,21). The molecule has 1 aliphatic rings. The van der Waals surface area contributed by atoms with Crippen molar-refractivity contribution in [1.82, 2.24) is 4.98 Å². The number of rotatable bonds is 5. The Morgan fingerprint density at radius 3 is 3.00 bits per heavy atom. The van der Waals surface area contributed by atoms with Gasteiger partial charge in [0.05, 0.1) is 6.42 Å². The highest BCUT2D eigenvalue weighted by Crippen LogP contribution is 2.25. The summed E-state index contributed by atoms with van der Waals surface area (Å²) in [6.07, 6.45) is 8.01. The molecule has 1 aliphatic carbocycles. The Morgan fingerprint density at radius 1 is 1.36 bits per heavy atom. The van der Waals surface area contributed by atoms with Crippen molar-refractivity contribution in [2.45, 2.75) is 19.3 Å². The molecule has 114 valence electrons. The molecule has 22 heavy (non-hydrogen) atoms. The second-order valence-electron chi connectivity index (χ2n) is 5.49. The van der Waals surface area contributed by atoms with Crippen molar-refractivity contribution in [3.8, 4) is 5.75 Å². The fourth-order valence-corrected chi connectivity index (χ4v) is 2.64. The van der Waals surface area contributed by atoms with Crippen molar-refractivity contribution in [2.75, 3.05) is 6.61 Å². The number of carbonyl (C=O) groups excluding carboxylic acids is 1. The van der Waals surface area contributed by atoms with Crippen molar-refractivity contribution in [2.24, 2.45) is 11.5 Å². The number of benzene rings is 1. The molecule has 1 heterocycles. The minimum atomic E-state index is -0.347. The maximum atomic E-state index is 11.1.